The van der Waals surface area contributed by atoms with E-state index in [1.807, 2.05) is 0 Å². The van der Waals surface area contributed by atoms with Crippen LogP contribution in [0.5, 0.6) is 5.75 Å². The van der Waals surface area contributed by atoms with Crippen LogP contribution in [0.1, 0.15) is 77.0 Å². The van der Waals surface area contributed by atoms with E-state index in [0.717, 1.165) is 18.7 Å². The Hall–Kier alpha value is -12.1. The van der Waals surface area contributed by atoms with E-state index in [2.05, 4.69) is 146 Å². The van der Waals surface area contributed by atoms with E-state index in [4.69, 9.17) is 28.7 Å². The van der Waals surface area contributed by atoms with Crippen molar-refractivity contribution >= 4 is 181 Å². The molecule has 0 bridgehead atoms. The number of primary amides is 4. The third-order valence-corrected chi connectivity index (χ3v) is 18.8. The van der Waals surface area contributed by atoms with Gasteiger partial charge < -0.3 is 139 Å². The van der Waals surface area contributed by atoms with Crippen molar-refractivity contribution in [2.45, 2.75) is 169 Å². The number of nitrogens with zero attached hydrogens (tertiary/aromatic N) is 2. The molecule has 2 heterocycles. The first-order valence-corrected chi connectivity index (χ1v) is 39.0. The van der Waals surface area contributed by atoms with E-state index in [1.54, 1.807) is 0 Å². The van der Waals surface area contributed by atoms with Gasteiger partial charge in [-0.3, -0.25) is 105 Å². The standard InChI is InChI=1S/C67H100N24O25S4/c1-28(54(103)77-29(2)55(104)82-36(15-47(70)95)60(109)84-37(16-48(71)96)59(108)81-34(10-11-46(69)94)57(106)85-38(17-52(100)101)61(110)83-35(13-31-6-8-33(93)9-7-31)58(107)88-41(23-117)53(72)102)78-63(112)43(25-119)89-56(105)30(3)79-66(115)45-5-4-12-91(45)67(116)39(14-32-19-73-27-76-32)86-62(111)40(22-92)87-65(114)44(26-120)90-64(113)42(24-118)80-51(99)21-75-50(98)20-74-49(97)18-68/h6-9,19,27-30,34-45,92-93,117-120H,4-5,10-18,20-26,68H2,1-3H3,(H2,69,94)(H2,70,95)(H2,71,96)(H2,72,102)(H,73,76)(H,74,97)(H,75,98)(H,77,103)(H,78,112)(H,79,115)(H,80,99)(H,81,108)(H,82,104)(H,83,110)(H,84,109)(H,85,106)(H,86,111)(H,87,114)(H,88,107)(H,89,105)(H,90,113)(H,100,101)/t28-,29-,30-,34-,35-,36-,37-,38-,39-,40-,41-,42-,43-,44-,45+/m0/s1. The van der Waals surface area contributed by atoms with Crippen molar-refractivity contribution in [1.29, 1.82) is 0 Å². The molecule has 0 radical (unpaired) electrons. The predicted octanol–water partition coefficient (Wildman–Crippen LogP) is -14.4. The highest BCUT2D eigenvalue weighted by Crippen LogP contribution is 2.21. The number of hydrogen-bond acceptors (Lipinski definition) is 30. The van der Waals surface area contributed by atoms with Crippen LogP contribution in [0.2, 0.25) is 0 Å². The summed E-state index contributed by atoms with van der Waals surface area (Å²) in [5.41, 5.74) is 27.2. The van der Waals surface area contributed by atoms with E-state index < -0.39 is 284 Å². The summed E-state index contributed by atoms with van der Waals surface area (Å²) in [4.78, 5) is 297. The molecule has 1 saturated heterocycles. The lowest BCUT2D eigenvalue weighted by molar-refractivity contribution is -0.142. The van der Waals surface area contributed by atoms with Crippen LogP contribution in [0.4, 0.5) is 0 Å². The number of carboxylic acid groups (broad SMARTS) is 1. The number of nitrogens with one attached hydrogen (secondary N) is 17. The molecular formula is C67H100N24O25S4. The Balaban J connectivity index is 1.69. The number of carbonyl (C=O) groups excluding carboxylic acids is 21. The number of aliphatic hydroxyl groups is 1. The highest BCUT2D eigenvalue weighted by Gasteiger charge is 2.42. The third kappa shape index (κ3) is 35.2. The molecule has 0 unspecified atom stereocenters. The number of rotatable bonds is 52. The molecule has 53 heteroatoms. The van der Waals surface area contributed by atoms with Crippen molar-refractivity contribution in [3.05, 3.63) is 48.0 Å². The smallest absolute Gasteiger partial charge is 0.305 e. The third-order valence-electron chi connectivity index (χ3n) is 17.3. The first-order valence-electron chi connectivity index (χ1n) is 36.4. The van der Waals surface area contributed by atoms with Gasteiger partial charge in [-0.2, -0.15) is 50.5 Å². The lowest BCUT2D eigenvalue weighted by atomic mass is 10.0. The normalized spacial score (nSPS) is 15.6. The van der Waals surface area contributed by atoms with Gasteiger partial charge in [0.05, 0.1) is 51.8 Å². The zero-order valence-electron chi connectivity index (χ0n) is 64.7. The molecule has 2 aromatic rings. The maximum atomic E-state index is 14.5. The number of imidazole rings is 1. The highest BCUT2D eigenvalue weighted by molar-refractivity contribution is 7.80. The molecule has 0 saturated carbocycles. The van der Waals surface area contributed by atoms with E-state index in [9.17, 15) is 121 Å². The molecular weight excluding hydrogens is 1670 g/mol. The van der Waals surface area contributed by atoms with Crippen LogP contribution >= 0.6 is 50.5 Å². The number of likely N-dealkylation sites (tertiary alicyclic amines) is 1. The van der Waals surface area contributed by atoms with E-state index in [1.165, 1.54) is 43.7 Å². The first kappa shape index (κ1) is 102. The molecule has 0 aliphatic carbocycles. The van der Waals surface area contributed by atoms with Gasteiger partial charge in [0, 0.05) is 60.7 Å². The molecule has 662 valence electrons. The minimum absolute atomic E-state index is 0.0320. The molecule has 1 aliphatic rings. The number of nitrogens with two attached hydrogens (primary N) is 5. The largest absolute Gasteiger partial charge is 0.508 e. The number of hydrogen-bond donors (Lipinski definition) is 29. The molecule has 30 N–H and O–H groups in total. The van der Waals surface area contributed by atoms with Crippen molar-refractivity contribution in [3.8, 4) is 5.75 Å². The minimum atomic E-state index is -2.12. The summed E-state index contributed by atoms with van der Waals surface area (Å²) >= 11 is 16.3. The zero-order chi connectivity index (χ0) is 90.4. The maximum Gasteiger partial charge on any atom is 0.305 e. The molecule has 1 aromatic heterocycles. The van der Waals surface area contributed by atoms with Crippen LogP contribution in [0.15, 0.2) is 36.8 Å². The lowest BCUT2D eigenvalue weighted by Crippen LogP contribution is -2.61. The number of phenols is 1. The van der Waals surface area contributed by atoms with Crippen molar-refractivity contribution in [2.24, 2.45) is 28.7 Å². The number of thiol groups is 4. The summed E-state index contributed by atoms with van der Waals surface area (Å²) in [7, 11) is 0. The van der Waals surface area contributed by atoms with Crippen molar-refractivity contribution in [1.82, 2.24) is 99.9 Å². The highest BCUT2D eigenvalue weighted by atomic mass is 32.1. The second-order valence-electron chi connectivity index (χ2n) is 26.8. The SMILES string of the molecule is C[C@H](NC(=O)[C@H](C)NC(=O)[C@H](CS)NC(=O)[C@H](C)NC(=O)[C@H]1CCCN1C(=O)[C@H](Cc1cnc[nH]1)NC(=O)[C@H](CO)NC(=O)[C@H](CS)NC(=O)[C@H](CS)NC(=O)CNC(=O)CNC(=O)CN)C(=O)N[C@@H](CC(N)=O)C(=O)N[C@@H](CC(N)=O)C(=O)N[C@@H](CCC(N)=O)C(=O)N[C@@H](CC(=O)O)C(=O)N[C@@H](Cc1ccc(O)cc1)C(=O)N[C@@H](CS)C(N)=O. The van der Waals surface area contributed by atoms with Crippen LogP contribution in [-0.4, -0.2) is 307 Å². The lowest BCUT2D eigenvalue weighted by Gasteiger charge is -2.30. The van der Waals surface area contributed by atoms with Gasteiger partial charge in [0.15, 0.2) is 0 Å². The fraction of sp³-hybridized carbons (Fsp3) is 0.537. The maximum absolute atomic E-state index is 14.5. The zero-order valence-corrected chi connectivity index (χ0v) is 68.3. The fourth-order valence-electron chi connectivity index (χ4n) is 10.8. The van der Waals surface area contributed by atoms with Crippen LogP contribution < -0.4 is 114 Å². The average molecular weight is 1770 g/mol. The second-order valence-corrected chi connectivity index (χ2v) is 28.2. The molecule has 1 fully saturated rings. The van der Waals surface area contributed by atoms with Gasteiger partial charge in [-0.25, -0.2) is 4.98 Å². The number of carbonyl (C=O) groups is 22. The van der Waals surface area contributed by atoms with Crippen LogP contribution in [0.3, 0.4) is 0 Å². The van der Waals surface area contributed by atoms with Gasteiger partial charge in [-0.1, -0.05) is 12.1 Å². The number of benzene rings is 1. The first-order chi connectivity index (χ1) is 56.5. The van der Waals surface area contributed by atoms with E-state index in [-0.39, 0.29) is 56.0 Å². The quantitative estimate of drug-likeness (QED) is 0.0274. The Morgan fingerprint density at radius 1 is 0.467 bits per heavy atom. The van der Waals surface area contributed by atoms with Crippen LogP contribution in [0.25, 0.3) is 0 Å². The molecule has 3 rings (SSSR count). The van der Waals surface area contributed by atoms with Crippen molar-refractivity contribution in [2.75, 3.05) is 55.8 Å². The van der Waals surface area contributed by atoms with Gasteiger partial charge in [0.1, 0.15) is 96.4 Å². The average Bonchev–Trinajstić information content (AvgIpc) is 1.60. The summed E-state index contributed by atoms with van der Waals surface area (Å²) < 4.78 is 0. The molecule has 1 aliphatic heterocycles. The minimum Gasteiger partial charge on any atom is -0.508 e. The Bertz CT molecular complexity index is 4060. The number of amides is 21. The van der Waals surface area contributed by atoms with Crippen molar-refractivity contribution < 1.29 is 121 Å². The summed E-state index contributed by atoms with van der Waals surface area (Å²) in [5, 5.41) is 66.1. The molecule has 0 spiro atoms. The van der Waals surface area contributed by atoms with Gasteiger partial charge in [-0.05, 0) is 57.7 Å². The van der Waals surface area contributed by atoms with Gasteiger partial charge in [0.2, 0.25) is 124 Å². The second kappa shape index (κ2) is 51.3. The van der Waals surface area contributed by atoms with Gasteiger partial charge >= 0.3 is 5.97 Å². The molecule has 21 amide bonds. The predicted molar refractivity (Wildman–Crippen MR) is 428 cm³/mol. The number of aromatic nitrogens is 2. The van der Waals surface area contributed by atoms with E-state index in [0.29, 0.717) is 11.3 Å². The summed E-state index contributed by atoms with van der Waals surface area (Å²) in [6.45, 7) is 0.792. The van der Waals surface area contributed by atoms with Crippen molar-refractivity contribution in [3.63, 3.8) is 0 Å². The number of aromatic amines is 1. The fourth-order valence-corrected chi connectivity index (χ4v) is 11.9. The summed E-state index contributed by atoms with van der Waals surface area (Å²) in [6, 6.07) is -19.8. The number of phenolic OH excluding ortho intramolecular Hbond substituents is 1. The van der Waals surface area contributed by atoms with Gasteiger partial charge in [-0.15, -0.1) is 0 Å². The Kier molecular flexibility index (Phi) is 43.6. The Morgan fingerprint density at radius 2 is 0.867 bits per heavy atom. The summed E-state index contributed by atoms with van der Waals surface area (Å²) in [6.07, 6.45) is -2.56. The number of aromatic hydroxyl groups is 1. The Labute approximate surface area is 705 Å². The topological polar surface area (TPSA) is 791 Å². The Morgan fingerprint density at radius 3 is 1.36 bits per heavy atom. The molecule has 120 heavy (non-hydrogen) atoms. The molecule has 49 nitrogen and oxygen atoms in total. The van der Waals surface area contributed by atoms with Gasteiger partial charge in [0.25, 0.3) is 0 Å². The number of carboxylic acids is 1. The van der Waals surface area contributed by atoms with Crippen LogP contribution in [0, 0.1) is 0 Å². The summed E-state index contributed by atoms with van der Waals surface area (Å²) in [5.74, 6) is -26.1. The number of H-pyrrole nitrogens is 1. The molecule has 15 atom stereocenters. The molecule has 1 aromatic carbocycles. The van der Waals surface area contributed by atoms with Crippen LogP contribution in [-0.2, 0) is 118 Å². The monoisotopic (exact) mass is 1770 g/mol. The number of aliphatic hydroxyl groups excluding tert-OH is 1. The number of aliphatic carboxylic acids is 1. The van der Waals surface area contributed by atoms with E-state index >= 15 is 0 Å².